The highest BCUT2D eigenvalue weighted by Gasteiger charge is 2.33. The number of carboxylic acids is 1. The van der Waals surface area contributed by atoms with Crippen LogP contribution in [-0.4, -0.2) is 82.5 Å². The summed E-state index contributed by atoms with van der Waals surface area (Å²) in [6.07, 6.45) is -1.29. The third kappa shape index (κ3) is 12.1. The Bertz CT molecular complexity index is 746. The van der Waals surface area contributed by atoms with Crippen LogP contribution in [0.3, 0.4) is 0 Å². The molecule has 0 saturated carbocycles. The van der Waals surface area contributed by atoms with Crippen molar-refractivity contribution < 1.29 is 39.0 Å². The summed E-state index contributed by atoms with van der Waals surface area (Å²) in [4.78, 5) is 70.9. The van der Waals surface area contributed by atoms with Crippen molar-refractivity contribution in [3.63, 3.8) is 0 Å². The topological polar surface area (TPSA) is 283 Å². The maximum atomic E-state index is 12.8. The van der Waals surface area contributed by atoms with E-state index < -0.39 is 72.2 Å². The van der Waals surface area contributed by atoms with Crippen LogP contribution in [0.5, 0.6) is 0 Å². The summed E-state index contributed by atoms with van der Waals surface area (Å²) < 4.78 is 0. The second kappa shape index (κ2) is 15.5. The van der Waals surface area contributed by atoms with Crippen molar-refractivity contribution in [1.29, 1.82) is 0 Å². The van der Waals surface area contributed by atoms with Crippen LogP contribution in [0.2, 0.25) is 0 Å². The Morgan fingerprint density at radius 3 is 1.88 bits per heavy atom. The lowest BCUT2D eigenvalue weighted by Crippen LogP contribution is -2.60. The normalized spacial score (nSPS) is 15.2. The molecule has 0 spiro atoms. The van der Waals surface area contributed by atoms with E-state index in [1.54, 1.807) is 0 Å². The zero-order valence-electron chi connectivity index (χ0n) is 19.0. The van der Waals surface area contributed by atoms with Gasteiger partial charge in [0, 0.05) is 6.42 Å². The largest absolute Gasteiger partial charge is 0.480 e. The summed E-state index contributed by atoms with van der Waals surface area (Å²) in [6, 6.07) is -5.59. The SMILES string of the molecule is CC(O)C(NC(=O)C(CCCCN)NC(=O)C(N)CCC(N)=O)C(=O)NC(CC(N)=O)C(=O)O. The third-order valence-corrected chi connectivity index (χ3v) is 4.70. The van der Waals surface area contributed by atoms with Crippen LogP contribution in [0.4, 0.5) is 0 Å². The van der Waals surface area contributed by atoms with E-state index >= 15 is 0 Å². The molecule has 13 N–H and O–H groups in total. The predicted molar refractivity (Wildman–Crippen MR) is 118 cm³/mol. The molecule has 0 heterocycles. The number of nitrogens with one attached hydrogen (secondary N) is 3. The van der Waals surface area contributed by atoms with Gasteiger partial charge in [0.05, 0.1) is 18.6 Å². The highest BCUT2D eigenvalue weighted by atomic mass is 16.4. The molecule has 5 unspecified atom stereocenters. The molecule has 0 radical (unpaired) electrons. The van der Waals surface area contributed by atoms with Crippen molar-refractivity contribution in [1.82, 2.24) is 16.0 Å². The monoisotopic (exact) mass is 489 g/mol. The number of rotatable bonds is 17. The van der Waals surface area contributed by atoms with Gasteiger partial charge in [0.1, 0.15) is 18.1 Å². The van der Waals surface area contributed by atoms with Crippen LogP contribution in [0.1, 0.15) is 45.4 Å². The van der Waals surface area contributed by atoms with Crippen LogP contribution in [0, 0.1) is 0 Å². The van der Waals surface area contributed by atoms with E-state index in [-0.39, 0.29) is 19.3 Å². The minimum absolute atomic E-state index is 0.0482. The molecule has 0 bridgehead atoms. The first-order valence-corrected chi connectivity index (χ1v) is 10.6. The summed E-state index contributed by atoms with van der Waals surface area (Å²) in [5.74, 6) is -5.85. The standard InChI is InChI=1S/C19H35N7O8/c1-9(27)15(18(32)25-12(19(33)34)8-14(23)29)26-17(31)11(4-2-3-7-20)24-16(30)10(21)5-6-13(22)28/h9-12,15,27H,2-8,20-21H2,1H3,(H2,22,28)(H2,23,29)(H,24,30)(H,25,32)(H,26,31)(H,33,34). The summed E-state index contributed by atoms with van der Waals surface area (Å²) >= 11 is 0. The molecule has 15 nitrogen and oxygen atoms in total. The number of aliphatic hydroxyl groups excluding tert-OH is 1. The Morgan fingerprint density at radius 1 is 0.824 bits per heavy atom. The van der Waals surface area contributed by atoms with Gasteiger partial charge in [0.25, 0.3) is 0 Å². The number of amides is 5. The number of carboxylic acid groups (broad SMARTS) is 1. The Labute approximate surface area is 196 Å². The number of aliphatic hydroxyl groups is 1. The molecule has 0 rings (SSSR count). The molecule has 0 aromatic heterocycles. The van der Waals surface area contributed by atoms with Crippen molar-refractivity contribution in [2.24, 2.45) is 22.9 Å². The first-order chi connectivity index (χ1) is 15.8. The van der Waals surface area contributed by atoms with Gasteiger partial charge in [-0.3, -0.25) is 24.0 Å². The number of primary amides is 2. The van der Waals surface area contributed by atoms with Gasteiger partial charge in [-0.05, 0) is 39.2 Å². The lowest BCUT2D eigenvalue weighted by Gasteiger charge is -2.26. The van der Waals surface area contributed by atoms with E-state index in [0.717, 1.165) is 0 Å². The molecular formula is C19H35N7O8. The first-order valence-electron chi connectivity index (χ1n) is 10.6. The Kier molecular flexibility index (Phi) is 14.0. The average Bonchev–Trinajstić information content (AvgIpc) is 2.73. The lowest BCUT2D eigenvalue weighted by atomic mass is 10.0. The van der Waals surface area contributed by atoms with Crippen LogP contribution in [0.25, 0.3) is 0 Å². The van der Waals surface area contributed by atoms with Gasteiger partial charge in [0.15, 0.2) is 0 Å². The fraction of sp³-hybridized carbons (Fsp3) is 0.684. The maximum absolute atomic E-state index is 12.8. The maximum Gasteiger partial charge on any atom is 0.326 e. The number of nitrogens with two attached hydrogens (primary N) is 4. The molecule has 5 atom stereocenters. The zero-order chi connectivity index (χ0) is 26.4. The number of carbonyl (C=O) groups is 6. The van der Waals surface area contributed by atoms with E-state index in [9.17, 15) is 33.9 Å². The molecule has 34 heavy (non-hydrogen) atoms. The van der Waals surface area contributed by atoms with Gasteiger partial charge in [-0.15, -0.1) is 0 Å². The molecular weight excluding hydrogens is 454 g/mol. The Morgan fingerprint density at radius 2 is 1.41 bits per heavy atom. The van der Waals surface area contributed by atoms with Crippen LogP contribution in [-0.2, 0) is 28.8 Å². The van der Waals surface area contributed by atoms with Crippen molar-refractivity contribution in [3.05, 3.63) is 0 Å². The number of carbonyl (C=O) groups excluding carboxylic acids is 5. The fourth-order valence-corrected chi connectivity index (χ4v) is 2.79. The smallest absolute Gasteiger partial charge is 0.326 e. The number of aliphatic carboxylic acids is 1. The van der Waals surface area contributed by atoms with Gasteiger partial charge >= 0.3 is 5.97 Å². The molecule has 0 saturated heterocycles. The van der Waals surface area contributed by atoms with Crippen molar-refractivity contribution in [3.8, 4) is 0 Å². The highest BCUT2D eigenvalue weighted by molar-refractivity contribution is 5.95. The minimum atomic E-state index is -1.67. The van der Waals surface area contributed by atoms with E-state index in [1.807, 2.05) is 5.32 Å². The molecule has 15 heteroatoms. The minimum Gasteiger partial charge on any atom is -0.480 e. The van der Waals surface area contributed by atoms with Crippen molar-refractivity contribution >= 4 is 35.5 Å². The van der Waals surface area contributed by atoms with Crippen molar-refractivity contribution in [2.75, 3.05) is 6.54 Å². The Hall–Kier alpha value is -3.30. The van der Waals surface area contributed by atoms with Gasteiger partial charge in [-0.2, -0.15) is 0 Å². The second-order valence-electron chi connectivity index (χ2n) is 7.75. The lowest BCUT2D eigenvalue weighted by molar-refractivity contribution is -0.144. The second-order valence-corrected chi connectivity index (χ2v) is 7.75. The quantitative estimate of drug-likeness (QED) is 0.0882. The molecule has 5 amide bonds. The van der Waals surface area contributed by atoms with E-state index in [0.29, 0.717) is 19.4 Å². The third-order valence-electron chi connectivity index (χ3n) is 4.70. The molecule has 0 fully saturated rings. The van der Waals surface area contributed by atoms with Gasteiger partial charge in [0.2, 0.25) is 29.5 Å². The van der Waals surface area contributed by atoms with Crippen LogP contribution in [0.15, 0.2) is 0 Å². The molecule has 0 aromatic rings. The average molecular weight is 490 g/mol. The Balaban J connectivity index is 5.42. The molecule has 0 aliphatic carbocycles. The fourth-order valence-electron chi connectivity index (χ4n) is 2.79. The first kappa shape index (κ1) is 30.7. The summed E-state index contributed by atoms with van der Waals surface area (Å²) in [5.41, 5.74) is 21.2. The zero-order valence-corrected chi connectivity index (χ0v) is 19.0. The summed E-state index contributed by atoms with van der Waals surface area (Å²) in [6.45, 7) is 1.51. The number of hydrogen-bond acceptors (Lipinski definition) is 9. The molecule has 0 aromatic carbocycles. The molecule has 0 aliphatic rings. The van der Waals surface area contributed by atoms with Crippen LogP contribution >= 0.6 is 0 Å². The van der Waals surface area contributed by atoms with E-state index in [4.69, 9.17) is 28.0 Å². The van der Waals surface area contributed by atoms with Crippen molar-refractivity contribution in [2.45, 2.75) is 75.7 Å². The van der Waals surface area contributed by atoms with Crippen LogP contribution < -0.4 is 38.9 Å². The molecule has 194 valence electrons. The summed E-state index contributed by atoms with van der Waals surface area (Å²) in [5, 5.41) is 25.8. The van der Waals surface area contributed by atoms with E-state index in [2.05, 4.69) is 10.6 Å². The number of hydrogen-bond donors (Lipinski definition) is 9. The predicted octanol–water partition coefficient (Wildman–Crippen LogP) is -4.50. The van der Waals surface area contributed by atoms with Gasteiger partial charge < -0.3 is 49.1 Å². The number of unbranched alkanes of at least 4 members (excludes halogenated alkanes) is 1. The summed E-state index contributed by atoms with van der Waals surface area (Å²) in [7, 11) is 0. The molecule has 0 aliphatic heterocycles. The highest BCUT2D eigenvalue weighted by Crippen LogP contribution is 2.05. The van der Waals surface area contributed by atoms with Gasteiger partial charge in [-0.25, -0.2) is 4.79 Å². The van der Waals surface area contributed by atoms with Gasteiger partial charge in [-0.1, -0.05) is 0 Å². The van der Waals surface area contributed by atoms with E-state index in [1.165, 1.54) is 6.92 Å².